The molecule has 3 aromatic rings. The van der Waals surface area contributed by atoms with Crippen molar-refractivity contribution in [3.8, 4) is 0 Å². The van der Waals surface area contributed by atoms with Crippen LogP contribution >= 0.6 is 23.2 Å². The van der Waals surface area contributed by atoms with Gasteiger partial charge in [0, 0.05) is 33.0 Å². The molecule has 160 valence electrons. The number of hydrogen-bond donors (Lipinski definition) is 1. The molecule has 30 heavy (non-hydrogen) atoms. The monoisotopic (exact) mass is 467 g/mol. The van der Waals surface area contributed by atoms with Crippen LogP contribution in [0.15, 0.2) is 40.8 Å². The first-order valence-electron chi connectivity index (χ1n) is 9.71. The lowest BCUT2D eigenvalue weighted by atomic mass is 10.0. The lowest BCUT2D eigenvalue weighted by molar-refractivity contribution is 0.0981. The maximum atomic E-state index is 12.5. The molecule has 0 saturated heterocycles. The van der Waals surface area contributed by atoms with E-state index in [1.807, 2.05) is 19.9 Å². The highest BCUT2D eigenvalue weighted by Crippen LogP contribution is 2.31. The number of rotatable bonds is 8. The molecule has 0 spiro atoms. The molecule has 5 nitrogen and oxygen atoms in total. The highest BCUT2D eigenvalue weighted by atomic mass is 35.5. The molecule has 0 bridgehead atoms. The van der Waals surface area contributed by atoms with Crippen molar-refractivity contribution >= 4 is 50.1 Å². The number of unbranched alkanes of at least 4 members (excludes halogenated alkanes) is 2. The van der Waals surface area contributed by atoms with Crippen LogP contribution < -0.4 is 4.72 Å². The van der Waals surface area contributed by atoms with Crippen LogP contribution in [0.4, 0.5) is 0 Å². The summed E-state index contributed by atoms with van der Waals surface area (Å²) in [6, 6.07) is 10.2. The van der Waals surface area contributed by atoms with Gasteiger partial charge in [0.05, 0.1) is 5.75 Å². The fraction of sp³-hybridized carbons (Fsp3) is 0.318. The van der Waals surface area contributed by atoms with Gasteiger partial charge in [-0.3, -0.25) is 4.79 Å². The molecule has 1 aromatic heterocycles. The summed E-state index contributed by atoms with van der Waals surface area (Å²) in [4.78, 5) is 12.5. The fourth-order valence-corrected chi connectivity index (χ4v) is 4.84. The van der Waals surface area contributed by atoms with E-state index < -0.39 is 15.9 Å². The van der Waals surface area contributed by atoms with Crippen LogP contribution in [-0.4, -0.2) is 20.1 Å². The fourth-order valence-electron chi connectivity index (χ4n) is 3.28. The minimum Gasteiger partial charge on any atom is -0.461 e. The van der Waals surface area contributed by atoms with Crippen molar-refractivity contribution in [2.45, 2.75) is 39.5 Å². The number of amides is 1. The molecule has 0 aliphatic rings. The van der Waals surface area contributed by atoms with E-state index in [1.54, 1.807) is 30.3 Å². The van der Waals surface area contributed by atoms with Crippen LogP contribution in [-0.2, 0) is 16.4 Å². The molecular weight excluding hydrogens is 445 g/mol. The van der Waals surface area contributed by atoms with E-state index in [0.717, 1.165) is 29.4 Å². The number of hydrogen-bond acceptors (Lipinski definition) is 4. The van der Waals surface area contributed by atoms with E-state index in [9.17, 15) is 13.2 Å². The van der Waals surface area contributed by atoms with Gasteiger partial charge in [-0.05, 0) is 49.2 Å². The normalized spacial score (nSPS) is 11.7. The molecule has 1 heterocycles. The Kier molecular flexibility index (Phi) is 7.11. The van der Waals surface area contributed by atoms with Crippen molar-refractivity contribution in [2.24, 2.45) is 0 Å². The van der Waals surface area contributed by atoms with Crippen LogP contribution in [0.5, 0.6) is 0 Å². The van der Waals surface area contributed by atoms with Gasteiger partial charge in [0.2, 0.25) is 10.0 Å². The summed E-state index contributed by atoms with van der Waals surface area (Å²) in [7, 11) is -3.67. The smallest absolute Gasteiger partial charge is 0.264 e. The number of sulfonamides is 1. The summed E-state index contributed by atoms with van der Waals surface area (Å²) in [6.45, 7) is 3.83. The number of benzene rings is 2. The van der Waals surface area contributed by atoms with Gasteiger partial charge in [0.1, 0.15) is 11.3 Å². The number of aryl methyl sites for hydroxylation is 1. The van der Waals surface area contributed by atoms with E-state index in [-0.39, 0.29) is 11.3 Å². The summed E-state index contributed by atoms with van der Waals surface area (Å²) < 4.78 is 32.3. The van der Waals surface area contributed by atoms with Crippen molar-refractivity contribution in [1.82, 2.24) is 4.72 Å². The number of fused-ring (bicyclic) bond motifs is 1. The Bertz CT molecular complexity index is 1190. The average molecular weight is 468 g/mol. The standard InChI is InChI=1S/C22H23Cl2NO4S/c1-3-4-5-10-30(27,28)25-22(26)16-7-9-21-19(12-16)18(14(2)29-21)11-15-6-8-17(23)13-20(15)24/h6-9,12-13H,3-5,10-11H2,1-2H3,(H,25,26). The largest absolute Gasteiger partial charge is 0.461 e. The minimum absolute atomic E-state index is 0.0695. The number of carbonyl (C=O) groups excluding carboxylic acids is 1. The van der Waals surface area contributed by atoms with E-state index >= 15 is 0 Å². The predicted octanol–water partition coefficient (Wildman–Crippen LogP) is 5.89. The minimum atomic E-state index is -3.67. The van der Waals surface area contributed by atoms with Crippen molar-refractivity contribution in [2.75, 3.05) is 5.75 Å². The van der Waals surface area contributed by atoms with Crippen LogP contribution in [0.25, 0.3) is 11.0 Å². The Balaban J connectivity index is 1.88. The number of nitrogens with one attached hydrogen (secondary N) is 1. The van der Waals surface area contributed by atoms with E-state index in [1.165, 1.54) is 0 Å². The maximum absolute atomic E-state index is 12.5. The highest BCUT2D eigenvalue weighted by Gasteiger charge is 2.19. The quantitative estimate of drug-likeness (QED) is 0.419. The van der Waals surface area contributed by atoms with Crippen molar-refractivity contribution in [3.63, 3.8) is 0 Å². The zero-order valence-corrected chi connectivity index (χ0v) is 19.1. The third-order valence-electron chi connectivity index (χ3n) is 4.90. The Hall–Kier alpha value is -2.02. The molecule has 0 radical (unpaired) electrons. The molecule has 8 heteroatoms. The second-order valence-corrected chi connectivity index (χ2v) is 9.90. The van der Waals surface area contributed by atoms with Crippen molar-refractivity contribution in [3.05, 3.63) is 68.9 Å². The molecule has 0 aliphatic carbocycles. The van der Waals surface area contributed by atoms with E-state index in [2.05, 4.69) is 4.72 Å². The van der Waals surface area contributed by atoms with Crippen LogP contribution in [0.1, 0.15) is 53.4 Å². The molecule has 0 unspecified atom stereocenters. The lowest BCUT2D eigenvalue weighted by Gasteiger charge is -2.08. The predicted molar refractivity (Wildman–Crippen MR) is 121 cm³/mol. The Morgan fingerprint density at radius 2 is 1.87 bits per heavy atom. The SMILES string of the molecule is CCCCCS(=O)(=O)NC(=O)c1ccc2oc(C)c(Cc3ccc(Cl)cc3Cl)c2c1. The molecule has 0 fully saturated rings. The van der Waals surface area contributed by atoms with Gasteiger partial charge in [-0.15, -0.1) is 0 Å². The lowest BCUT2D eigenvalue weighted by Crippen LogP contribution is -2.32. The summed E-state index contributed by atoms with van der Waals surface area (Å²) in [5.74, 6) is -0.0107. The van der Waals surface area contributed by atoms with Gasteiger partial charge in [0.25, 0.3) is 5.91 Å². The van der Waals surface area contributed by atoms with Gasteiger partial charge in [-0.2, -0.15) is 0 Å². The second-order valence-electron chi connectivity index (χ2n) is 7.22. The molecule has 0 aliphatic heterocycles. The van der Waals surface area contributed by atoms with Crippen LogP contribution in [0.3, 0.4) is 0 Å². The first-order valence-corrected chi connectivity index (χ1v) is 12.1. The molecule has 0 atom stereocenters. The third-order valence-corrected chi connectivity index (χ3v) is 6.81. The third kappa shape index (κ3) is 5.36. The van der Waals surface area contributed by atoms with Gasteiger partial charge < -0.3 is 4.42 Å². The molecule has 1 amide bonds. The van der Waals surface area contributed by atoms with Gasteiger partial charge in [-0.25, -0.2) is 13.1 Å². The maximum Gasteiger partial charge on any atom is 0.264 e. The topological polar surface area (TPSA) is 76.4 Å². The Morgan fingerprint density at radius 3 is 2.57 bits per heavy atom. The number of carbonyl (C=O) groups is 1. The molecular formula is C22H23Cl2NO4S. The Morgan fingerprint density at radius 1 is 1.10 bits per heavy atom. The summed E-state index contributed by atoms with van der Waals surface area (Å²) in [6.07, 6.45) is 2.71. The van der Waals surface area contributed by atoms with E-state index in [0.29, 0.717) is 34.2 Å². The highest BCUT2D eigenvalue weighted by molar-refractivity contribution is 7.90. The molecule has 2 aromatic carbocycles. The number of furan rings is 1. The molecule has 3 rings (SSSR count). The molecule has 0 saturated carbocycles. The summed E-state index contributed by atoms with van der Waals surface area (Å²) in [5.41, 5.74) is 2.63. The van der Waals surface area contributed by atoms with Gasteiger partial charge in [0.15, 0.2) is 0 Å². The summed E-state index contributed by atoms with van der Waals surface area (Å²) >= 11 is 12.3. The van der Waals surface area contributed by atoms with Crippen molar-refractivity contribution < 1.29 is 17.6 Å². The number of halogens is 2. The molecule has 1 N–H and O–H groups in total. The Labute approximate surface area is 186 Å². The first kappa shape index (κ1) is 22.7. The second kappa shape index (κ2) is 9.41. The summed E-state index contributed by atoms with van der Waals surface area (Å²) in [5, 5.41) is 1.84. The van der Waals surface area contributed by atoms with Crippen LogP contribution in [0, 0.1) is 6.92 Å². The van der Waals surface area contributed by atoms with E-state index in [4.69, 9.17) is 27.6 Å². The van der Waals surface area contributed by atoms with Crippen molar-refractivity contribution in [1.29, 1.82) is 0 Å². The zero-order valence-electron chi connectivity index (χ0n) is 16.8. The van der Waals surface area contributed by atoms with Gasteiger partial charge in [-0.1, -0.05) is 49.0 Å². The first-order chi connectivity index (χ1) is 14.2. The van der Waals surface area contributed by atoms with Gasteiger partial charge >= 0.3 is 0 Å². The zero-order chi connectivity index (χ0) is 21.9. The van der Waals surface area contributed by atoms with Crippen LogP contribution in [0.2, 0.25) is 10.0 Å². The average Bonchev–Trinajstić information content (AvgIpc) is 2.98.